The standard InChI is InChI=1S/C11H12NP/c1-7-2-3-9-11(6-7)13-10-5-4-8(10)12-9/h2-3,6,10,13H,4-5H2,1H3. The van der Waals surface area contributed by atoms with Crippen LogP contribution in [0.2, 0.25) is 0 Å². The van der Waals surface area contributed by atoms with E-state index in [0.717, 1.165) is 14.2 Å². The van der Waals surface area contributed by atoms with Crippen molar-refractivity contribution >= 4 is 25.3 Å². The fraction of sp³-hybridized carbons (Fsp3) is 0.364. The molecule has 0 saturated heterocycles. The molecule has 1 heterocycles. The highest BCUT2D eigenvalue weighted by atomic mass is 31.1. The monoisotopic (exact) mass is 189 g/mol. The summed E-state index contributed by atoms with van der Waals surface area (Å²) in [5.74, 6) is 0. The van der Waals surface area contributed by atoms with Crippen LogP contribution in [0.3, 0.4) is 0 Å². The van der Waals surface area contributed by atoms with Crippen molar-refractivity contribution in [1.82, 2.24) is 0 Å². The predicted octanol–water partition coefficient (Wildman–Crippen LogP) is 2.55. The number of aliphatic imine (C=N–C) groups is 1. The lowest BCUT2D eigenvalue weighted by Crippen LogP contribution is -2.32. The zero-order valence-corrected chi connectivity index (χ0v) is 8.67. The van der Waals surface area contributed by atoms with E-state index < -0.39 is 0 Å². The van der Waals surface area contributed by atoms with Crippen LogP contribution in [-0.4, -0.2) is 11.4 Å². The van der Waals surface area contributed by atoms with Gasteiger partial charge in [-0.3, -0.25) is 4.99 Å². The van der Waals surface area contributed by atoms with Crippen LogP contribution in [-0.2, 0) is 0 Å². The van der Waals surface area contributed by atoms with Gasteiger partial charge in [0.25, 0.3) is 0 Å². The minimum atomic E-state index is 0.814. The number of benzene rings is 1. The first-order chi connectivity index (χ1) is 6.33. The molecular formula is C11H12NP. The number of rotatable bonds is 0. The molecule has 2 unspecified atom stereocenters. The maximum Gasteiger partial charge on any atom is 0.0703 e. The van der Waals surface area contributed by atoms with Crippen LogP contribution in [0.1, 0.15) is 18.4 Å². The summed E-state index contributed by atoms with van der Waals surface area (Å²) >= 11 is 0. The molecule has 2 atom stereocenters. The summed E-state index contributed by atoms with van der Waals surface area (Å²) in [6.45, 7) is 2.16. The summed E-state index contributed by atoms with van der Waals surface area (Å²) in [7, 11) is 0.979. The molecule has 1 aliphatic heterocycles. The number of hydrogen-bond acceptors (Lipinski definition) is 1. The van der Waals surface area contributed by atoms with E-state index >= 15 is 0 Å². The lowest BCUT2D eigenvalue weighted by molar-refractivity contribution is 0.814. The lowest BCUT2D eigenvalue weighted by atomic mass is 9.96. The Labute approximate surface area is 80.1 Å². The fourth-order valence-corrected chi connectivity index (χ4v) is 3.55. The maximum absolute atomic E-state index is 4.68. The van der Waals surface area contributed by atoms with Crippen LogP contribution in [0.5, 0.6) is 0 Å². The molecule has 3 rings (SSSR count). The first-order valence-corrected chi connectivity index (χ1v) is 5.85. The molecule has 1 fully saturated rings. The zero-order chi connectivity index (χ0) is 8.84. The summed E-state index contributed by atoms with van der Waals surface area (Å²) in [5, 5.41) is 1.48. The molecule has 0 N–H and O–H groups in total. The van der Waals surface area contributed by atoms with Gasteiger partial charge < -0.3 is 0 Å². The highest BCUT2D eigenvalue weighted by Crippen LogP contribution is 2.40. The van der Waals surface area contributed by atoms with Gasteiger partial charge in [-0.15, -0.1) is 0 Å². The molecule has 0 spiro atoms. The van der Waals surface area contributed by atoms with Gasteiger partial charge in [0.1, 0.15) is 0 Å². The number of fused-ring (bicyclic) bond motifs is 2. The van der Waals surface area contributed by atoms with Crippen LogP contribution < -0.4 is 5.30 Å². The predicted molar refractivity (Wildman–Crippen MR) is 59.2 cm³/mol. The van der Waals surface area contributed by atoms with Crippen molar-refractivity contribution in [2.45, 2.75) is 25.4 Å². The van der Waals surface area contributed by atoms with Gasteiger partial charge in [-0.25, -0.2) is 0 Å². The highest BCUT2D eigenvalue weighted by molar-refractivity contribution is 7.50. The molecule has 0 amide bonds. The molecule has 1 aromatic rings. The van der Waals surface area contributed by atoms with Gasteiger partial charge in [-0.1, -0.05) is 20.2 Å². The summed E-state index contributed by atoms with van der Waals surface area (Å²) in [5.41, 5.74) is 4.86. The molecule has 0 radical (unpaired) electrons. The van der Waals surface area contributed by atoms with Gasteiger partial charge in [0.05, 0.1) is 5.69 Å². The van der Waals surface area contributed by atoms with Crippen LogP contribution >= 0.6 is 8.58 Å². The van der Waals surface area contributed by atoms with Crippen LogP contribution in [0.15, 0.2) is 23.2 Å². The second kappa shape index (κ2) is 2.65. The van der Waals surface area contributed by atoms with Crippen LogP contribution in [0.4, 0.5) is 5.69 Å². The van der Waals surface area contributed by atoms with Crippen molar-refractivity contribution in [2.75, 3.05) is 0 Å². The van der Waals surface area contributed by atoms with Gasteiger partial charge in [0, 0.05) is 11.4 Å². The molecule has 13 heavy (non-hydrogen) atoms. The smallest absolute Gasteiger partial charge is 0.0703 e. The summed E-state index contributed by atoms with van der Waals surface area (Å²) in [4.78, 5) is 4.68. The van der Waals surface area contributed by atoms with E-state index in [1.165, 1.54) is 35.1 Å². The first-order valence-electron chi connectivity index (χ1n) is 4.77. The van der Waals surface area contributed by atoms with Crippen molar-refractivity contribution in [2.24, 2.45) is 4.99 Å². The minimum absolute atomic E-state index is 0.814. The second-order valence-electron chi connectivity index (χ2n) is 3.86. The summed E-state index contributed by atoms with van der Waals surface area (Å²) in [6, 6.07) is 6.62. The van der Waals surface area contributed by atoms with Crippen molar-refractivity contribution in [1.29, 1.82) is 0 Å². The van der Waals surface area contributed by atoms with Crippen molar-refractivity contribution in [3.8, 4) is 0 Å². The second-order valence-corrected chi connectivity index (χ2v) is 5.38. The Morgan fingerprint density at radius 2 is 2.38 bits per heavy atom. The number of nitrogens with zero attached hydrogens (tertiary/aromatic N) is 1. The molecular weight excluding hydrogens is 177 g/mol. The molecule has 1 aromatic carbocycles. The molecule has 66 valence electrons. The molecule has 2 aliphatic rings. The Balaban J connectivity index is 2.12. The topological polar surface area (TPSA) is 12.4 Å². The van der Waals surface area contributed by atoms with Gasteiger partial charge in [-0.05, 0) is 37.2 Å². The normalized spacial score (nSPS) is 25.9. The average molecular weight is 189 g/mol. The Morgan fingerprint density at radius 1 is 1.46 bits per heavy atom. The van der Waals surface area contributed by atoms with Gasteiger partial charge in [0.15, 0.2) is 0 Å². The van der Waals surface area contributed by atoms with E-state index in [9.17, 15) is 0 Å². The Bertz CT molecular complexity index is 395. The van der Waals surface area contributed by atoms with Gasteiger partial charge in [-0.2, -0.15) is 0 Å². The number of aryl methyl sites for hydroxylation is 1. The maximum atomic E-state index is 4.68. The minimum Gasteiger partial charge on any atom is -0.257 e. The van der Waals surface area contributed by atoms with E-state index in [-0.39, 0.29) is 0 Å². The molecule has 0 aromatic heterocycles. The Hall–Kier alpha value is -0.680. The molecule has 2 heteroatoms. The summed E-state index contributed by atoms with van der Waals surface area (Å²) in [6.07, 6.45) is 2.61. The third kappa shape index (κ3) is 1.14. The highest BCUT2D eigenvalue weighted by Gasteiger charge is 2.30. The fourth-order valence-electron chi connectivity index (χ4n) is 1.91. The Kier molecular flexibility index (Phi) is 1.57. The van der Waals surface area contributed by atoms with E-state index in [1.807, 2.05) is 0 Å². The van der Waals surface area contributed by atoms with Crippen molar-refractivity contribution < 1.29 is 0 Å². The van der Waals surface area contributed by atoms with Gasteiger partial charge in [0.2, 0.25) is 0 Å². The first kappa shape index (κ1) is 7.70. The largest absolute Gasteiger partial charge is 0.257 e. The molecule has 1 saturated carbocycles. The Morgan fingerprint density at radius 3 is 3.15 bits per heavy atom. The van der Waals surface area contributed by atoms with Crippen molar-refractivity contribution in [3.05, 3.63) is 23.8 Å². The summed E-state index contributed by atoms with van der Waals surface area (Å²) < 4.78 is 0. The lowest BCUT2D eigenvalue weighted by Gasteiger charge is -2.32. The SMILES string of the molecule is Cc1ccc2c(c1)PC1CCC1=N2. The zero-order valence-electron chi connectivity index (χ0n) is 7.67. The quantitative estimate of drug-likeness (QED) is 0.556. The van der Waals surface area contributed by atoms with Crippen LogP contribution in [0, 0.1) is 6.92 Å². The third-order valence-corrected chi connectivity index (χ3v) is 4.52. The van der Waals surface area contributed by atoms with E-state index in [4.69, 9.17) is 0 Å². The average Bonchev–Trinajstić information content (AvgIpc) is 2.09. The van der Waals surface area contributed by atoms with E-state index in [2.05, 4.69) is 30.1 Å². The number of hydrogen-bond donors (Lipinski definition) is 0. The third-order valence-electron chi connectivity index (χ3n) is 2.84. The van der Waals surface area contributed by atoms with E-state index in [1.54, 1.807) is 0 Å². The van der Waals surface area contributed by atoms with Crippen LogP contribution in [0.25, 0.3) is 0 Å². The molecule has 0 bridgehead atoms. The molecule has 1 aliphatic carbocycles. The van der Waals surface area contributed by atoms with Crippen molar-refractivity contribution in [3.63, 3.8) is 0 Å². The van der Waals surface area contributed by atoms with E-state index in [0.29, 0.717) is 0 Å². The molecule has 1 nitrogen and oxygen atoms in total. The van der Waals surface area contributed by atoms with Gasteiger partial charge >= 0.3 is 0 Å².